The van der Waals surface area contributed by atoms with Crippen molar-refractivity contribution in [3.8, 4) is 0 Å². The smallest absolute Gasteiger partial charge is 0.303 e. The normalized spacial score (nSPS) is 14.2. The van der Waals surface area contributed by atoms with E-state index in [0.29, 0.717) is 0 Å². The van der Waals surface area contributed by atoms with E-state index >= 15 is 0 Å². The summed E-state index contributed by atoms with van der Waals surface area (Å²) in [6.45, 7) is 6.24. The number of hydrogen-bond donors (Lipinski definition) is 0. The predicted octanol–water partition coefficient (Wildman–Crippen LogP) is 7.22. The second-order valence-electron chi connectivity index (χ2n) is 7.59. The van der Waals surface area contributed by atoms with Crippen molar-refractivity contribution in [1.29, 1.82) is 0 Å². The van der Waals surface area contributed by atoms with E-state index in [0.717, 1.165) is 22.4 Å². The minimum Gasteiger partial charge on any atom is -0.303 e. The van der Waals surface area contributed by atoms with Crippen molar-refractivity contribution in [3.63, 3.8) is 0 Å². The SMILES string of the molecule is CC(=N[C@@H](C)c1ccccc1)C(C)P(=O)(OCc1ccccc1)OCc1ccccc1. The van der Waals surface area contributed by atoms with E-state index in [1.165, 1.54) is 0 Å². The molecule has 0 amide bonds. The summed E-state index contributed by atoms with van der Waals surface area (Å²) in [7, 11) is -3.48. The molecule has 0 N–H and O–H groups in total. The fraction of sp³-hybridized carbons (Fsp3) is 0.269. The van der Waals surface area contributed by atoms with E-state index in [4.69, 9.17) is 14.0 Å². The highest BCUT2D eigenvalue weighted by atomic mass is 31.2. The van der Waals surface area contributed by atoms with Crippen molar-refractivity contribution in [2.75, 3.05) is 0 Å². The van der Waals surface area contributed by atoms with Gasteiger partial charge < -0.3 is 9.05 Å². The van der Waals surface area contributed by atoms with Gasteiger partial charge in [0.25, 0.3) is 0 Å². The molecule has 1 unspecified atom stereocenters. The van der Waals surface area contributed by atoms with Crippen molar-refractivity contribution in [1.82, 2.24) is 0 Å². The molecule has 4 nitrogen and oxygen atoms in total. The standard InChI is InChI=1S/C26H30NO3P/c1-21(27-22(2)26-17-11-6-12-18-26)23(3)31(28,29-19-24-13-7-4-8-14-24)30-20-25-15-9-5-10-16-25/h4-18,22-23H,19-20H2,1-3H3/t22-,23?/m0/s1. The Balaban J connectivity index is 1.79. The first-order valence-corrected chi connectivity index (χ1v) is 12.1. The lowest BCUT2D eigenvalue weighted by atomic mass is 10.1. The largest absolute Gasteiger partial charge is 0.339 e. The molecule has 0 fully saturated rings. The van der Waals surface area contributed by atoms with Gasteiger partial charge in [-0.15, -0.1) is 0 Å². The monoisotopic (exact) mass is 435 g/mol. The Morgan fingerprint density at radius 1 is 0.774 bits per heavy atom. The van der Waals surface area contributed by atoms with Gasteiger partial charge in [-0.25, -0.2) is 0 Å². The van der Waals surface area contributed by atoms with Gasteiger partial charge in [-0.1, -0.05) is 91.0 Å². The molecule has 0 aliphatic rings. The maximum Gasteiger partial charge on any atom is 0.339 e. The van der Waals surface area contributed by atoms with Crippen LogP contribution in [0.4, 0.5) is 0 Å². The summed E-state index contributed by atoms with van der Waals surface area (Å²) >= 11 is 0. The Morgan fingerprint density at radius 3 is 1.65 bits per heavy atom. The average molecular weight is 436 g/mol. The summed E-state index contributed by atoms with van der Waals surface area (Å²) in [5.41, 5.74) is 3.29. The predicted molar refractivity (Wildman–Crippen MR) is 127 cm³/mol. The van der Waals surface area contributed by atoms with Crippen LogP contribution in [0, 0.1) is 0 Å². The third kappa shape index (κ3) is 6.73. The lowest BCUT2D eigenvalue weighted by Gasteiger charge is -2.25. The van der Waals surface area contributed by atoms with Crippen LogP contribution < -0.4 is 0 Å². The molecule has 0 saturated heterocycles. The molecular weight excluding hydrogens is 405 g/mol. The highest BCUT2D eigenvalue weighted by molar-refractivity contribution is 7.55. The third-order valence-corrected chi connectivity index (χ3v) is 7.57. The van der Waals surface area contributed by atoms with E-state index in [-0.39, 0.29) is 19.3 Å². The molecular formula is C26H30NO3P. The van der Waals surface area contributed by atoms with Crippen LogP contribution in [0.5, 0.6) is 0 Å². The van der Waals surface area contributed by atoms with Crippen LogP contribution in [0.3, 0.4) is 0 Å². The van der Waals surface area contributed by atoms with Crippen LogP contribution in [0.1, 0.15) is 43.5 Å². The molecule has 0 aromatic heterocycles. The second kappa shape index (κ2) is 11.2. The summed E-state index contributed by atoms with van der Waals surface area (Å²) in [6.07, 6.45) is 0. The molecule has 3 aromatic carbocycles. The average Bonchev–Trinajstić information content (AvgIpc) is 2.83. The molecule has 5 heteroatoms. The molecule has 0 aliphatic heterocycles. The molecule has 3 rings (SSSR count). The quantitative estimate of drug-likeness (QED) is 0.249. The summed E-state index contributed by atoms with van der Waals surface area (Å²) < 4.78 is 25.8. The zero-order valence-corrected chi connectivity index (χ0v) is 19.2. The highest BCUT2D eigenvalue weighted by Gasteiger charge is 2.35. The third-order valence-electron chi connectivity index (χ3n) is 5.27. The number of rotatable bonds is 10. The van der Waals surface area contributed by atoms with Gasteiger partial charge in [0.2, 0.25) is 0 Å². The number of aliphatic imine (C=N–C) groups is 1. The number of nitrogens with zero attached hydrogens (tertiary/aromatic N) is 1. The Labute approximate surface area is 185 Å². The van der Waals surface area contributed by atoms with E-state index in [2.05, 4.69) is 0 Å². The van der Waals surface area contributed by atoms with Gasteiger partial charge in [0.05, 0.1) is 24.9 Å². The Morgan fingerprint density at radius 2 is 1.19 bits per heavy atom. The van der Waals surface area contributed by atoms with Crippen LogP contribution in [0.25, 0.3) is 0 Å². The fourth-order valence-corrected chi connectivity index (χ4v) is 4.89. The Hall–Kier alpha value is -2.52. The van der Waals surface area contributed by atoms with Gasteiger partial charge in [0, 0.05) is 5.71 Å². The van der Waals surface area contributed by atoms with Crippen molar-refractivity contribution < 1.29 is 13.6 Å². The molecule has 3 aromatic rings. The Bertz CT molecular complexity index is 959. The van der Waals surface area contributed by atoms with Crippen molar-refractivity contribution >= 4 is 13.3 Å². The molecule has 0 saturated carbocycles. The zero-order valence-electron chi connectivity index (χ0n) is 18.3. The van der Waals surface area contributed by atoms with Crippen LogP contribution >= 0.6 is 7.60 Å². The van der Waals surface area contributed by atoms with Gasteiger partial charge in [-0.3, -0.25) is 9.56 Å². The molecule has 0 spiro atoms. The molecule has 0 radical (unpaired) electrons. The molecule has 0 heterocycles. The lowest BCUT2D eigenvalue weighted by molar-refractivity contribution is 0.189. The first-order valence-electron chi connectivity index (χ1n) is 10.5. The van der Waals surface area contributed by atoms with Crippen molar-refractivity contribution in [2.24, 2.45) is 4.99 Å². The maximum atomic E-state index is 13.9. The number of benzene rings is 3. The summed E-state index contributed by atoms with van der Waals surface area (Å²) in [6, 6.07) is 29.5. The first-order chi connectivity index (χ1) is 15.0. The van der Waals surface area contributed by atoms with E-state index in [1.54, 1.807) is 0 Å². The lowest BCUT2D eigenvalue weighted by Crippen LogP contribution is -2.19. The minimum absolute atomic E-state index is 0.0413. The van der Waals surface area contributed by atoms with E-state index in [9.17, 15) is 4.57 Å². The molecule has 2 atom stereocenters. The van der Waals surface area contributed by atoms with Gasteiger partial charge in [0.1, 0.15) is 0 Å². The van der Waals surface area contributed by atoms with Gasteiger partial charge in [-0.05, 0) is 37.5 Å². The summed E-state index contributed by atoms with van der Waals surface area (Å²) in [5.74, 6) is 0. The first kappa shape index (κ1) is 23.1. The van der Waals surface area contributed by atoms with E-state index < -0.39 is 13.3 Å². The molecule has 0 aliphatic carbocycles. The van der Waals surface area contributed by atoms with E-state index in [1.807, 2.05) is 112 Å². The zero-order chi connectivity index (χ0) is 22.1. The summed E-state index contributed by atoms with van der Waals surface area (Å²) in [4.78, 5) is 4.81. The minimum atomic E-state index is -3.48. The van der Waals surface area contributed by atoms with Crippen LogP contribution in [-0.4, -0.2) is 11.4 Å². The molecule has 31 heavy (non-hydrogen) atoms. The maximum absolute atomic E-state index is 13.9. The summed E-state index contributed by atoms with van der Waals surface area (Å²) in [5, 5.41) is 0. The molecule has 0 bridgehead atoms. The fourth-order valence-electron chi connectivity index (χ4n) is 3.19. The number of hydrogen-bond acceptors (Lipinski definition) is 4. The highest BCUT2D eigenvalue weighted by Crippen LogP contribution is 2.55. The van der Waals surface area contributed by atoms with Crippen LogP contribution in [-0.2, 0) is 26.8 Å². The topological polar surface area (TPSA) is 47.9 Å². The Kier molecular flexibility index (Phi) is 8.36. The molecule has 162 valence electrons. The second-order valence-corrected chi connectivity index (χ2v) is 9.96. The van der Waals surface area contributed by atoms with Gasteiger partial charge >= 0.3 is 7.60 Å². The van der Waals surface area contributed by atoms with Crippen LogP contribution in [0.2, 0.25) is 0 Å². The van der Waals surface area contributed by atoms with Crippen LogP contribution in [0.15, 0.2) is 96.0 Å². The van der Waals surface area contributed by atoms with Crippen molar-refractivity contribution in [2.45, 2.75) is 45.7 Å². The van der Waals surface area contributed by atoms with Gasteiger partial charge in [-0.2, -0.15) is 0 Å². The van der Waals surface area contributed by atoms with Gasteiger partial charge in [0.15, 0.2) is 0 Å². The van der Waals surface area contributed by atoms with Crippen molar-refractivity contribution in [3.05, 3.63) is 108 Å².